The Balaban J connectivity index is 1.61. The van der Waals surface area contributed by atoms with Crippen LogP contribution < -0.4 is 0 Å². The summed E-state index contributed by atoms with van der Waals surface area (Å²) in [5, 5.41) is 8.23. The molecule has 0 amide bonds. The molecule has 2 heterocycles. The normalized spacial score (nSPS) is 11.3. The van der Waals surface area contributed by atoms with Gasteiger partial charge in [0.1, 0.15) is 12.2 Å². The number of nitrogens with zero attached hydrogens (tertiary/aromatic N) is 6. The molecule has 0 atom stereocenters. The Hall–Kier alpha value is -2.51. The summed E-state index contributed by atoms with van der Waals surface area (Å²) in [5.41, 5.74) is 2.44. The van der Waals surface area contributed by atoms with Crippen molar-refractivity contribution in [3.8, 4) is 0 Å². The predicted octanol–water partition coefficient (Wildman–Crippen LogP) is 1.80. The van der Waals surface area contributed by atoms with Gasteiger partial charge in [-0.2, -0.15) is 0 Å². The van der Waals surface area contributed by atoms with Gasteiger partial charge in [-0.1, -0.05) is 30.3 Å². The van der Waals surface area contributed by atoms with Crippen molar-refractivity contribution in [1.29, 1.82) is 0 Å². The smallest absolute Gasteiger partial charge is 0.147 e. The Morgan fingerprint density at radius 1 is 1.08 bits per heavy atom. The second-order valence-corrected chi connectivity index (χ2v) is 6.10. The fraction of sp³-hybridized carbons (Fsp3) is 0.389. The van der Waals surface area contributed by atoms with Crippen LogP contribution in [-0.2, 0) is 30.9 Å². The molecule has 3 aromatic rings. The molecular formula is C18H24N6O. The van der Waals surface area contributed by atoms with E-state index in [1.807, 2.05) is 23.2 Å². The molecule has 0 aliphatic rings. The maximum absolute atomic E-state index is 5.13. The lowest BCUT2D eigenvalue weighted by atomic mass is 10.2. The second kappa shape index (κ2) is 8.55. The topological polar surface area (TPSA) is 61.0 Å². The van der Waals surface area contributed by atoms with E-state index in [4.69, 9.17) is 4.74 Å². The lowest BCUT2D eigenvalue weighted by molar-refractivity contribution is 0.184. The molecule has 25 heavy (non-hydrogen) atoms. The summed E-state index contributed by atoms with van der Waals surface area (Å²) in [7, 11) is 3.78. The summed E-state index contributed by atoms with van der Waals surface area (Å²) < 4.78 is 9.34. The summed E-state index contributed by atoms with van der Waals surface area (Å²) in [5.74, 6) is 0.939. The molecular weight excluding hydrogens is 316 g/mol. The zero-order valence-corrected chi connectivity index (χ0v) is 14.7. The van der Waals surface area contributed by atoms with E-state index < -0.39 is 0 Å². The van der Waals surface area contributed by atoms with Crippen molar-refractivity contribution in [2.24, 2.45) is 0 Å². The van der Waals surface area contributed by atoms with E-state index in [1.165, 1.54) is 11.3 Å². The summed E-state index contributed by atoms with van der Waals surface area (Å²) >= 11 is 0. The molecule has 2 aromatic heterocycles. The highest BCUT2D eigenvalue weighted by molar-refractivity contribution is 5.16. The van der Waals surface area contributed by atoms with Crippen LogP contribution in [0.2, 0.25) is 0 Å². The van der Waals surface area contributed by atoms with Crippen LogP contribution in [0.25, 0.3) is 0 Å². The van der Waals surface area contributed by atoms with Crippen molar-refractivity contribution in [2.45, 2.75) is 26.2 Å². The van der Waals surface area contributed by atoms with Gasteiger partial charge in [-0.15, -0.1) is 10.2 Å². The average Bonchev–Trinajstić information content (AvgIpc) is 3.24. The molecule has 0 aliphatic carbocycles. The van der Waals surface area contributed by atoms with Gasteiger partial charge in [-0.3, -0.25) is 4.90 Å². The maximum atomic E-state index is 5.13. The second-order valence-electron chi connectivity index (χ2n) is 6.10. The average molecular weight is 340 g/mol. The standard InChI is InChI=1S/C18H24N6O/c1-22(13-18-21-20-15-23(18)8-9-25-2)12-17-10-19-14-24(17)11-16-6-4-3-5-7-16/h3-7,10,14-15H,8-9,11-13H2,1-2H3. The minimum absolute atomic E-state index is 0.651. The number of benzene rings is 1. The van der Waals surface area contributed by atoms with Crippen LogP contribution in [0.1, 0.15) is 17.1 Å². The molecule has 1 aromatic carbocycles. The third-order valence-corrected chi connectivity index (χ3v) is 4.07. The van der Waals surface area contributed by atoms with E-state index in [0.29, 0.717) is 6.61 Å². The Kier molecular flexibility index (Phi) is 5.92. The van der Waals surface area contributed by atoms with Crippen LogP contribution in [0.3, 0.4) is 0 Å². The van der Waals surface area contributed by atoms with E-state index >= 15 is 0 Å². The molecule has 0 bridgehead atoms. The van der Waals surface area contributed by atoms with E-state index in [9.17, 15) is 0 Å². The van der Waals surface area contributed by atoms with E-state index in [0.717, 1.165) is 32.0 Å². The third-order valence-electron chi connectivity index (χ3n) is 4.07. The van der Waals surface area contributed by atoms with Gasteiger partial charge >= 0.3 is 0 Å². The Bertz CT molecular complexity index is 767. The van der Waals surface area contributed by atoms with Crippen LogP contribution in [-0.4, -0.2) is 50.0 Å². The van der Waals surface area contributed by atoms with Gasteiger partial charge in [0, 0.05) is 32.9 Å². The van der Waals surface area contributed by atoms with Crippen molar-refractivity contribution in [1.82, 2.24) is 29.2 Å². The van der Waals surface area contributed by atoms with Gasteiger partial charge in [0.25, 0.3) is 0 Å². The predicted molar refractivity (Wildman–Crippen MR) is 94.8 cm³/mol. The minimum atomic E-state index is 0.651. The van der Waals surface area contributed by atoms with Gasteiger partial charge in [0.15, 0.2) is 0 Å². The van der Waals surface area contributed by atoms with Crippen LogP contribution in [0.5, 0.6) is 0 Å². The first-order valence-electron chi connectivity index (χ1n) is 8.33. The van der Waals surface area contributed by atoms with Crippen LogP contribution >= 0.6 is 0 Å². The van der Waals surface area contributed by atoms with Gasteiger partial charge in [0.05, 0.1) is 25.2 Å². The number of imidazole rings is 1. The first-order chi connectivity index (χ1) is 12.3. The van der Waals surface area contributed by atoms with E-state index in [1.54, 1.807) is 13.4 Å². The van der Waals surface area contributed by atoms with Crippen molar-refractivity contribution in [3.05, 3.63) is 66.3 Å². The molecule has 0 aliphatic heterocycles. The summed E-state index contributed by atoms with van der Waals surface area (Å²) in [4.78, 5) is 6.53. The summed E-state index contributed by atoms with van der Waals surface area (Å²) in [6, 6.07) is 10.4. The van der Waals surface area contributed by atoms with Crippen molar-refractivity contribution in [2.75, 3.05) is 20.8 Å². The number of hydrogen-bond acceptors (Lipinski definition) is 5. The number of aromatic nitrogens is 5. The van der Waals surface area contributed by atoms with Crippen LogP contribution in [0, 0.1) is 0 Å². The van der Waals surface area contributed by atoms with Gasteiger partial charge in [0.2, 0.25) is 0 Å². The van der Waals surface area contributed by atoms with Crippen LogP contribution in [0.4, 0.5) is 0 Å². The zero-order valence-electron chi connectivity index (χ0n) is 14.7. The van der Waals surface area contributed by atoms with E-state index in [2.05, 4.69) is 56.0 Å². The molecule has 132 valence electrons. The molecule has 0 unspecified atom stereocenters. The number of rotatable bonds is 9. The summed E-state index contributed by atoms with van der Waals surface area (Å²) in [6.07, 6.45) is 5.56. The van der Waals surface area contributed by atoms with Crippen molar-refractivity contribution < 1.29 is 4.74 Å². The molecule has 0 spiro atoms. The molecule has 7 nitrogen and oxygen atoms in total. The molecule has 0 radical (unpaired) electrons. The molecule has 3 rings (SSSR count). The van der Waals surface area contributed by atoms with Gasteiger partial charge < -0.3 is 13.9 Å². The molecule has 0 fully saturated rings. The van der Waals surface area contributed by atoms with Crippen molar-refractivity contribution in [3.63, 3.8) is 0 Å². The zero-order chi connectivity index (χ0) is 17.5. The lowest BCUT2D eigenvalue weighted by Gasteiger charge is -2.18. The first-order valence-corrected chi connectivity index (χ1v) is 8.33. The highest BCUT2D eigenvalue weighted by Crippen LogP contribution is 2.10. The SMILES string of the molecule is COCCn1cnnc1CN(C)Cc1cncn1Cc1ccccc1. The highest BCUT2D eigenvalue weighted by Gasteiger charge is 2.11. The van der Waals surface area contributed by atoms with Gasteiger partial charge in [-0.25, -0.2) is 4.98 Å². The van der Waals surface area contributed by atoms with Gasteiger partial charge in [-0.05, 0) is 12.6 Å². The fourth-order valence-corrected chi connectivity index (χ4v) is 2.75. The Morgan fingerprint density at radius 3 is 2.72 bits per heavy atom. The first kappa shape index (κ1) is 17.3. The summed E-state index contributed by atoms with van der Waals surface area (Å²) in [6.45, 7) is 3.76. The number of ether oxygens (including phenoxy) is 1. The van der Waals surface area contributed by atoms with E-state index in [-0.39, 0.29) is 0 Å². The molecule has 0 saturated carbocycles. The number of methoxy groups -OCH3 is 1. The maximum Gasteiger partial charge on any atom is 0.147 e. The van der Waals surface area contributed by atoms with Crippen LogP contribution in [0.15, 0.2) is 49.2 Å². The Labute approximate surface area is 147 Å². The quantitative estimate of drug-likeness (QED) is 0.594. The minimum Gasteiger partial charge on any atom is -0.383 e. The Morgan fingerprint density at radius 2 is 1.92 bits per heavy atom. The third kappa shape index (κ3) is 4.74. The molecule has 7 heteroatoms. The highest BCUT2D eigenvalue weighted by atomic mass is 16.5. The monoisotopic (exact) mass is 340 g/mol. The number of hydrogen-bond donors (Lipinski definition) is 0. The van der Waals surface area contributed by atoms with Crippen molar-refractivity contribution >= 4 is 0 Å². The molecule has 0 saturated heterocycles. The fourth-order valence-electron chi connectivity index (χ4n) is 2.75. The largest absolute Gasteiger partial charge is 0.383 e. The lowest BCUT2D eigenvalue weighted by Crippen LogP contribution is -2.22. The molecule has 0 N–H and O–H groups in total.